The predicted octanol–water partition coefficient (Wildman–Crippen LogP) is 5.57. The van der Waals surface area contributed by atoms with Crippen LogP contribution in [0.2, 0.25) is 0 Å². The first kappa shape index (κ1) is 19.4. The molecule has 3 saturated carbocycles. The highest BCUT2D eigenvalue weighted by molar-refractivity contribution is 6.03. The van der Waals surface area contributed by atoms with Gasteiger partial charge in [0.2, 0.25) is 0 Å². The van der Waals surface area contributed by atoms with Gasteiger partial charge < -0.3 is 10.4 Å². The summed E-state index contributed by atoms with van der Waals surface area (Å²) in [6.45, 7) is 2.42. The van der Waals surface area contributed by atoms with Gasteiger partial charge in [-0.2, -0.15) is 0 Å². The van der Waals surface area contributed by atoms with Crippen LogP contribution in [0.3, 0.4) is 0 Å². The van der Waals surface area contributed by atoms with E-state index in [2.05, 4.69) is 18.3 Å². The Morgan fingerprint density at radius 2 is 1.79 bits per heavy atom. The Morgan fingerprint density at radius 1 is 1.00 bits per heavy atom. The van der Waals surface area contributed by atoms with Gasteiger partial charge in [0.25, 0.3) is 5.91 Å². The number of carbonyl (C=O) groups is 1. The molecule has 5 rings (SSSR count). The third kappa shape index (κ3) is 3.56. The van der Waals surface area contributed by atoms with E-state index in [0.29, 0.717) is 0 Å². The summed E-state index contributed by atoms with van der Waals surface area (Å²) in [5.74, 6) is 4.09. The zero-order valence-electron chi connectivity index (χ0n) is 17.6. The molecule has 2 N–H and O–H groups in total. The molecule has 1 aromatic carbocycles. The lowest BCUT2D eigenvalue weighted by molar-refractivity contribution is -0.113. The minimum Gasteiger partial charge on any atom is -0.393 e. The number of nitrogens with one attached hydrogen (secondary N) is 1. The van der Waals surface area contributed by atoms with E-state index in [1.165, 1.54) is 32.1 Å². The van der Waals surface area contributed by atoms with Gasteiger partial charge in [0.1, 0.15) is 0 Å². The highest BCUT2D eigenvalue weighted by atomic mass is 16.3. The van der Waals surface area contributed by atoms with Crippen LogP contribution in [0.4, 0.5) is 5.69 Å². The van der Waals surface area contributed by atoms with E-state index >= 15 is 0 Å². The second-order valence-corrected chi connectivity index (χ2v) is 10.5. The second-order valence-electron chi connectivity index (χ2n) is 10.5. The first-order chi connectivity index (χ1) is 14.0. The quantitative estimate of drug-likeness (QED) is 0.690. The Kier molecular flexibility index (Phi) is 5.06. The van der Waals surface area contributed by atoms with E-state index in [1.807, 2.05) is 30.3 Å². The maximum Gasteiger partial charge on any atom is 0.251 e. The summed E-state index contributed by atoms with van der Waals surface area (Å²) in [7, 11) is 0. The number of fused-ring (bicyclic) bond motifs is 5. The molecule has 3 fully saturated rings. The normalized spacial score (nSPS) is 41.4. The van der Waals surface area contributed by atoms with Crippen molar-refractivity contribution in [1.29, 1.82) is 0 Å². The summed E-state index contributed by atoms with van der Waals surface area (Å²) >= 11 is 0. The average molecular weight is 394 g/mol. The molecule has 0 bridgehead atoms. The molecule has 29 heavy (non-hydrogen) atoms. The SMILES string of the molecule is C[C@@]12C=C(C(=O)Nc3ccccc3)CC[C@H]1[C@@H]1CC[C@@H]3C[C@H](O)CC[C@@H]3[C@H]1CC2. The lowest BCUT2D eigenvalue weighted by Gasteiger charge is -2.57. The van der Waals surface area contributed by atoms with Crippen LogP contribution in [0, 0.1) is 35.0 Å². The Morgan fingerprint density at radius 3 is 2.62 bits per heavy atom. The van der Waals surface area contributed by atoms with Crippen LogP contribution in [-0.4, -0.2) is 17.1 Å². The molecule has 0 aliphatic heterocycles. The van der Waals surface area contributed by atoms with Gasteiger partial charge in [-0.25, -0.2) is 0 Å². The number of anilines is 1. The van der Waals surface area contributed by atoms with Gasteiger partial charge >= 0.3 is 0 Å². The molecule has 156 valence electrons. The van der Waals surface area contributed by atoms with Gasteiger partial charge in [-0.3, -0.25) is 4.79 Å². The topological polar surface area (TPSA) is 49.3 Å². The molecule has 3 nitrogen and oxygen atoms in total. The van der Waals surface area contributed by atoms with Gasteiger partial charge in [0, 0.05) is 11.3 Å². The minimum atomic E-state index is -0.0510. The minimum absolute atomic E-state index is 0.0510. The van der Waals surface area contributed by atoms with Crippen molar-refractivity contribution in [2.24, 2.45) is 35.0 Å². The highest BCUT2D eigenvalue weighted by Gasteiger charge is 2.52. The van der Waals surface area contributed by atoms with Crippen molar-refractivity contribution in [3.05, 3.63) is 42.0 Å². The molecule has 4 aliphatic rings. The summed E-state index contributed by atoms with van der Waals surface area (Å²) in [6.07, 6.45) is 12.8. The van der Waals surface area contributed by atoms with Crippen LogP contribution in [0.15, 0.2) is 42.0 Å². The van der Waals surface area contributed by atoms with Crippen LogP contribution < -0.4 is 5.32 Å². The van der Waals surface area contributed by atoms with Gasteiger partial charge in [0.05, 0.1) is 6.10 Å². The summed E-state index contributed by atoms with van der Waals surface area (Å²) in [6, 6.07) is 9.81. The van der Waals surface area contributed by atoms with Crippen LogP contribution in [0.25, 0.3) is 0 Å². The van der Waals surface area contributed by atoms with Gasteiger partial charge in [-0.05, 0) is 105 Å². The van der Waals surface area contributed by atoms with Crippen molar-refractivity contribution in [2.45, 2.75) is 70.8 Å². The van der Waals surface area contributed by atoms with Crippen molar-refractivity contribution in [2.75, 3.05) is 5.32 Å². The van der Waals surface area contributed by atoms with Crippen molar-refractivity contribution < 1.29 is 9.90 Å². The smallest absolute Gasteiger partial charge is 0.251 e. The number of hydrogen-bond donors (Lipinski definition) is 2. The second kappa shape index (κ2) is 7.58. The molecule has 4 aliphatic carbocycles. The lowest BCUT2D eigenvalue weighted by Crippen LogP contribution is -2.50. The molecule has 0 aromatic heterocycles. The molecule has 0 saturated heterocycles. The standard InChI is InChI=1S/C26H35NO2/c1-26-14-13-22-21-11-9-20(28)15-17(21)7-10-23(22)24(26)12-8-18(16-26)25(29)27-19-5-3-2-4-6-19/h2-6,16-17,20-24,28H,7-15H2,1H3,(H,27,29)/t17-,20-,21+,22-,23-,24+,26-/m1/s1. The molecular weight excluding hydrogens is 358 g/mol. The zero-order valence-corrected chi connectivity index (χ0v) is 17.6. The summed E-state index contributed by atoms with van der Waals surface area (Å²) in [5, 5.41) is 13.2. The average Bonchev–Trinajstić information content (AvgIpc) is 2.73. The van der Waals surface area contributed by atoms with Crippen LogP contribution in [-0.2, 0) is 4.79 Å². The van der Waals surface area contributed by atoms with Gasteiger partial charge in [-0.15, -0.1) is 0 Å². The maximum atomic E-state index is 12.9. The molecule has 0 unspecified atom stereocenters. The Labute approximate surface area is 175 Å². The van der Waals surface area contributed by atoms with E-state index in [1.54, 1.807) is 0 Å². The zero-order chi connectivity index (χ0) is 20.0. The summed E-state index contributed by atoms with van der Waals surface area (Å²) in [4.78, 5) is 12.9. The number of rotatable bonds is 2. The molecule has 7 atom stereocenters. The molecule has 0 spiro atoms. The lowest BCUT2D eigenvalue weighted by atomic mass is 9.48. The molecule has 1 amide bonds. The molecule has 1 aromatic rings. The van der Waals surface area contributed by atoms with Gasteiger partial charge in [0.15, 0.2) is 0 Å². The van der Waals surface area contributed by atoms with E-state index in [0.717, 1.165) is 66.5 Å². The molecule has 0 radical (unpaired) electrons. The van der Waals surface area contributed by atoms with Crippen LogP contribution in [0.1, 0.15) is 64.7 Å². The van der Waals surface area contributed by atoms with E-state index in [-0.39, 0.29) is 17.4 Å². The Balaban J connectivity index is 1.32. The summed E-state index contributed by atoms with van der Waals surface area (Å²) < 4.78 is 0. The number of aliphatic hydroxyl groups is 1. The van der Waals surface area contributed by atoms with E-state index in [9.17, 15) is 9.90 Å². The number of carbonyl (C=O) groups excluding carboxylic acids is 1. The number of para-hydroxylation sites is 1. The fourth-order valence-corrected chi connectivity index (χ4v) is 7.59. The van der Waals surface area contributed by atoms with Crippen LogP contribution in [0.5, 0.6) is 0 Å². The Hall–Kier alpha value is -1.61. The molecule has 0 heterocycles. The predicted molar refractivity (Wildman–Crippen MR) is 116 cm³/mol. The number of hydrogen-bond acceptors (Lipinski definition) is 2. The first-order valence-electron chi connectivity index (χ1n) is 11.8. The number of benzene rings is 1. The third-order valence-electron chi connectivity index (χ3n) is 8.92. The fourth-order valence-electron chi connectivity index (χ4n) is 7.59. The Bertz CT molecular complexity index is 787. The van der Waals surface area contributed by atoms with Crippen molar-refractivity contribution in [3.63, 3.8) is 0 Å². The fraction of sp³-hybridized carbons (Fsp3) is 0.654. The molecular formula is C26H35NO2. The number of amides is 1. The van der Waals surface area contributed by atoms with Crippen molar-refractivity contribution in [1.82, 2.24) is 0 Å². The third-order valence-corrected chi connectivity index (χ3v) is 8.92. The highest BCUT2D eigenvalue weighted by Crippen LogP contribution is 2.60. The summed E-state index contributed by atoms with van der Waals surface area (Å²) in [5.41, 5.74) is 2.04. The van der Waals surface area contributed by atoms with Crippen LogP contribution >= 0.6 is 0 Å². The first-order valence-corrected chi connectivity index (χ1v) is 11.8. The van der Waals surface area contributed by atoms with Crippen molar-refractivity contribution in [3.8, 4) is 0 Å². The number of allylic oxidation sites excluding steroid dienone is 1. The van der Waals surface area contributed by atoms with Crippen molar-refractivity contribution >= 4 is 11.6 Å². The molecule has 3 heteroatoms. The monoisotopic (exact) mass is 393 g/mol. The van der Waals surface area contributed by atoms with E-state index in [4.69, 9.17) is 0 Å². The van der Waals surface area contributed by atoms with Gasteiger partial charge in [-0.1, -0.05) is 31.2 Å². The van der Waals surface area contributed by atoms with E-state index < -0.39 is 0 Å². The maximum absolute atomic E-state index is 12.9. The number of aliphatic hydroxyl groups excluding tert-OH is 1. The largest absolute Gasteiger partial charge is 0.393 e.